The van der Waals surface area contributed by atoms with Crippen molar-refractivity contribution in [3.63, 3.8) is 0 Å². The Morgan fingerprint density at radius 2 is 1.82 bits per heavy atom. The SMILES string of the molecule is COc1ccncc1N(c1ccc(OC(F)F)cc1)[C@H]1CC[C@H](C(=O)N2CCOCC2)CC1. The molecular weight excluding hydrogens is 432 g/mol. The number of carbonyl (C=O) groups is 1. The first-order valence-corrected chi connectivity index (χ1v) is 11.3. The largest absolute Gasteiger partial charge is 0.494 e. The molecule has 1 aromatic heterocycles. The van der Waals surface area contributed by atoms with E-state index in [0.29, 0.717) is 32.1 Å². The maximum atomic E-state index is 12.9. The van der Waals surface area contributed by atoms with Crippen molar-refractivity contribution in [2.75, 3.05) is 38.3 Å². The van der Waals surface area contributed by atoms with Gasteiger partial charge in [0, 0.05) is 43.0 Å². The molecule has 0 N–H and O–H groups in total. The van der Waals surface area contributed by atoms with Gasteiger partial charge in [0.25, 0.3) is 0 Å². The average molecular weight is 462 g/mol. The molecule has 178 valence electrons. The van der Waals surface area contributed by atoms with E-state index in [1.54, 1.807) is 37.7 Å². The van der Waals surface area contributed by atoms with E-state index in [0.717, 1.165) is 37.1 Å². The summed E-state index contributed by atoms with van der Waals surface area (Å²) in [6, 6.07) is 8.49. The highest BCUT2D eigenvalue weighted by molar-refractivity contribution is 5.79. The molecule has 1 aliphatic heterocycles. The topological polar surface area (TPSA) is 64.1 Å². The average Bonchev–Trinajstić information content (AvgIpc) is 2.86. The molecule has 33 heavy (non-hydrogen) atoms. The van der Waals surface area contributed by atoms with Crippen molar-refractivity contribution in [2.45, 2.75) is 38.3 Å². The van der Waals surface area contributed by atoms with Gasteiger partial charge in [-0.2, -0.15) is 8.78 Å². The Kier molecular flexibility index (Phi) is 7.59. The van der Waals surface area contributed by atoms with Crippen LogP contribution in [0.2, 0.25) is 0 Å². The maximum absolute atomic E-state index is 12.9. The zero-order valence-corrected chi connectivity index (χ0v) is 18.7. The minimum absolute atomic E-state index is 0.0128. The predicted molar refractivity (Wildman–Crippen MR) is 119 cm³/mol. The van der Waals surface area contributed by atoms with E-state index >= 15 is 0 Å². The van der Waals surface area contributed by atoms with Crippen molar-refractivity contribution >= 4 is 17.3 Å². The molecule has 0 unspecified atom stereocenters. The fourth-order valence-electron chi connectivity index (χ4n) is 4.68. The molecule has 1 aliphatic carbocycles. The number of benzene rings is 1. The van der Waals surface area contributed by atoms with Gasteiger partial charge in [0.1, 0.15) is 17.2 Å². The van der Waals surface area contributed by atoms with E-state index < -0.39 is 6.61 Å². The number of anilines is 2. The number of methoxy groups -OCH3 is 1. The van der Waals surface area contributed by atoms with E-state index in [1.165, 1.54) is 12.1 Å². The first-order valence-electron chi connectivity index (χ1n) is 11.3. The maximum Gasteiger partial charge on any atom is 0.387 e. The first kappa shape index (κ1) is 23.2. The van der Waals surface area contributed by atoms with Gasteiger partial charge in [-0.05, 0) is 49.9 Å². The highest BCUT2D eigenvalue weighted by Crippen LogP contribution is 2.40. The summed E-state index contributed by atoms with van der Waals surface area (Å²) in [6.07, 6.45) is 6.60. The van der Waals surface area contributed by atoms with Gasteiger partial charge < -0.3 is 24.0 Å². The number of alkyl halides is 2. The molecule has 2 aromatic rings. The van der Waals surface area contributed by atoms with Crippen molar-refractivity contribution in [1.29, 1.82) is 0 Å². The van der Waals surface area contributed by atoms with Gasteiger partial charge in [0.2, 0.25) is 5.91 Å². The van der Waals surface area contributed by atoms with Crippen LogP contribution in [-0.4, -0.2) is 61.9 Å². The van der Waals surface area contributed by atoms with Crippen LogP contribution in [0.3, 0.4) is 0 Å². The third kappa shape index (κ3) is 5.52. The summed E-state index contributed by atoms with van der Waals surface area (Å²) >= 11 is 0. The molecule has 1 aromatic carbocycles. The number of hydrogen-bond acceptors (Lipinski definition) is 6. The Morgan fingerprint density at radius 3 is 2.45 bits per heavy atom. The van der Waals surface area contributed by atoms with Gasteiger partial charge in [-0.15, -0.1) is 0 Å². The van der Waals surface area contributed by atoms with Crippen molar-refractivity contribution < 1.29 is 27.8 Å². The minimum atomic E-state index is -2.87. The van der Waals surface area contributed by atoms with E-state index in [4.69, 9.17) is 9.47 Å². The fourth-order valence-corrected chi connectivity index (χ4v) is 4.68. The summed E-state index contributed by atoms with van der Waals surface area (Å²) in [4.78, 5) is 21.3. The molecule has 1 amide bonds. The molecule has 0 bridgehead atoms. The number of ether oxygens (including phenoxy) is 3. The van der Waals surface area contributed by atoms with E-state index in [-0.39, 0.29) is 23.6 Å². The van der Waals surface area contributed by atoms with Crippen LogP contribution in [0.4, 0.5) is 20.2 Å². The Morgan fingerprint density at radius 1 is 1.12 bits per heavy atom. The first-order chi connectivity index (χ1) is 16.1. The molecule has 0 spiro atoms. The number of halogens is 2. The molecule has 1 saturated heterocycles. The summed E-state index contributed by atoms with van der Waals surface area (Å²) < 4.78 is 40.6. The number of rotatable bonds is 7. The predicted octanol–water partition coefficient (Wildman–Crippen LogP) is 4.25. The van der Waals surface area contributed by atoms with E-state index in [1.807, 2.05) is 4.90 Å². The minimum Gasteiger partial charge on any atom is -0.494 e. The van der Waals surface area contributed by atoms with Crippen LogP contribution in [0.15, 0.2) is 42.7 Å². The second-order valence-electron chi connectivity index (χ2n) is 8.23. The summed E-state index contributed by atoms with van der Waals surface area (Å²) in [5.74, 6) is 1.01. The summed E-state index contributed by atoms with van der Waals surface area (Å²) in [5.41, 5.74) is 1.62. The molecule has 7 nitrogen and oxygen atoms in total. The van der Waals surface area contributed by atoms with Gasteiger partial charge in [-0.1, -0.05) is 0 Å². The Bertz CT molecular complexity index is 914. The van der Waals surface area contributed by atoms with Crippen LogP contribution >= 0.6 is 0 Å². The zero-order valence-electron chi connectivity index (χ0n) is 18.7. The molecule has 0 atom stereocenters. The molecular formula is C24H29F2N3O4. The van der Waals surface area contributed by atoms with Gasteiger partial charge >= 0.3 is 6.61 Å². The van der Waals surface area contributed by atoms with Crippen LogP contribution in [0.1, 0.15) is 25.7 Å². The van der Waals surface area contributed by atoms with Crippen molar-refractivity contribution in [3.8, 4) is 11.5 Å². The van der Waals surface area contributed by atoms with Crippen LogP contribution in [0, 0.1) is 5.92 Å². The molecule has 2 aliphatic rings. The number of morpholine rings is 1. The van der Waals surface area contributed by atoms with Crippen LogP contribution in [-0.2, 0) is 9.53 Å². The molecule has 4 rings (SSSR count). The fraction of sp³-hybridized carbons (Fsp3) is 0.500. The molecule has 0 radical (unpaired) electrons. The Hall–Kier alpha value is -2.94. The summed E-state index contributed by atoms with van der Waals surface area (Å²) in [6.45, 7) is -0.359. The summed E-state index contributed by atoms with van der Waals surface area (Å²) in [7, 11) is 1.61. The highest BCUT2D eigenvalue weighted by Gasteiger charge is 2.33. The molecule has 9 heteroatoms. The second-order valence-corrected chi connectivity index (χ2v) is 8.23. The van der Waals surface area contributed by atoms with Gasteiger partial charge in [-0.25, -0.2) is 0 Å². The van der Waals surface area contributed by atoms with Crippen LogP contribution < -0.4 is 14.4 Å². The van der Waals surface area contributed by atoms with Crippen molar-refractivity contribution in [2.24, 2.45) is 5.92 Å². The molecule has 1 saturated carbocycles. The highest BCUT2D eigenvalue weighted by atomic mass is 19.3. The number of aromatic nitrogens is 1. The van der Waals surface area contributed by atoms with E-state index in [9.17, 15) is 13.6 Å². The van der Waals surface area contributed by atoms with Crippen LogP contribution in [0.5, 0.6) is 11.5 Å². The standard InChI is InChI=1S/C24H29F2N3O4/c1-31-22-10-11-27-16-21(22)29(19-6-8-20(9-7-19)33-24(25)26)18-4-2-17(3-5-18)23(30)28-12-14-32-15-13-28/h6-11,16-18,24H,2-5,12-15H2,1H3/t17-,18-. The Labute approximate surface area is 192 Å². The number of amides is 1. The van der Waals surface area contributed by atoms with Crippen molar-refractivity contribution in [1.82, 2.24) is 9.88 Å². The van der Waals surface area contributed by atoms with Crippen molar-refractivity contribution in [3.05, 3.63) is 42.7 Å². The third-order valence-electron chi connectivity index (χ3n) is 6.31. The van der Waals surface area contributed by atoms with Gasteiger partial charge in [-0.3, -0.25) is 9.78 Å². The normalized spacial score (nSPS) is 21.0. The second kappa shape index (κ2) is 10.8. The number of nitrogens with zero attached hydrogens (tertiary/aromatic N) is 3. The van der Waals surface area contributed by atoms with Crippen LogP contribution in [0.25, 0.3) is 0 Å². The smallest absolute Gasteiger partial charge is 0.387 e. The lowest BCUT2D eigenvalue weighted by Crippen LogP contribution is -2.45. The lowest BCUT2D eigenvalue weighted by atomic mass is 9.84. The Balaban J connectivity index is 1.54. The van der Waals surface area contributed by atoms with Gasteiger partial charge in [0.05, 0.1) is 26.5 Å². The number of pyridine rings is 1. The summed E-state index contributed by atoms with van der Waals surface area (Å²) in [5, 5.41) is 0. The number of carbonyl (C=O) groups excluding carboxylic acids is 1. The molecule has 2 fully saturated rings. The van der Waals surface area contributed by atoms with E-state index in [2.05, 4.69) is 14.6 Å². The third-order valence-corrected chi connectivity index (χ3v) is 6.31. The van der Waals surface area contributed by atoms with Gasteiger partial charge in [0.15, 0.2) is 0 Å². The lowest BCUT2D eigenvalue weighted by Gasteiger charge is -2.39. The number of hydrogen-bond donors (Lipinski definition) is 0. The zero-order chi connectivity index (χ0) is 23.2. The quantitative estimate of drug-likeness (QED) is 0.615. The molecule has 2 heterocycles. The monoisotopic (exact) mass is 461 g/mol. The lowest BCUT2D eigenvalue weighted by molar-refractivity contribution is -0.140.